The number of aromatic hydroxyl groups is 1. The van der Waals surface area contributed by atoms with Crippen LogP contribution in [0.3, 0.4) is 0 Å². The van der Waals surface area contributed by atoms with Crippen molar-refractivity contribution in [1.82, 2.24) is 0 Å². The molecule has 1 aromatic carbocycles. The average molecular weight is 388 g/mol. The Bertz CT molecular complexity index is 918. The zero-order valence-electron chi connectivity index (χ0n) is 15.8. The van der Waals surface area contributed by atoms with E-state index in [9.17, 15) is 25.2 Å². The molecule has 8 atom stereocenters. The Balaban J connectivity index is 1.57. The maximum atomic E-state index is 12.9. The topological polar surface area (TPSA) is 107 Å². The summed E-state index contributed by atoms with van der Waals surface area (Å²) >= 11 is 0. The molecule has 6 rings (SSSR count). The third-order valence-electron chi connectivity index (χ3n) is 8.49. The van der Waals surface area contributed by atoms with Crippen molar-refractivity contribution in [3.63, 3.8) is 0 Å². The van der Waals surface area contributed by atoms with Crippen molar-refractivity contribution >= 4 is 5.78 Å². The van der Waals surface area contributed by atoms with Crippen molar-refractivity contribution in [2.75, 3.05) is 20.1 Å². The number of carbonyl (C=O) groups is 1. The summed E-state index contributed by atoms with van der Waals surface area (Å²) in [7, 11) is 2.13. The van der Waals surface area contributed by atoms with Crippen LogP contribution in [0.1, 0.15) is 30.4 Å². The van der Waals surface area contributed by atoms with E-state index in [-0.39, 0.29) is 30.2 Å². The molecule has 3 unspecified atom stereocenters. The lowest BCUT2D eigenvalue weighted by Crippen LogP contribution is -2.82. The zero-order chi connectivity index (χ0) is 19.6. The average Bonchev–Trinajstić information content (AvgIpc) is 3.18. The number of rotatable bonds is 2. The SMILES string of the molecule is C[N@+]1(CC2CC2O)CC[C@]23c4c5ccc(O)c4O[C@H]2C(=O)C(O)C[C@@]3(O)[C@H]1C5. The monoisotopic (exact) mass is 388 g/mol. The maximum Gasteiger partial charge on any atom is 0.202 e. The minimum absolute atomic E-state index is 0.00798. The molecule has 2 bridgehead atoms. The minimum Gasteiger partial charge on any atom is -0.504 e. The van der Waals surface area contributed by atoms with Gasteiger partial charge in [0.25, 0.3) is 0 Å². The molecule has 1 aromatic rings. The molecule has 2 saturated carbocycles. The molecule has 1 spiro atoms. The number of nitrogens with zero attached hydrogens (tertiary/aromatic N) is 1. The third kappa shape index (κ3) is 1.74. The van der Waals surface area contributed by atoms with Crippen LogP contribution >= 0.6 is 0 Å². The van der Waals surface area contributed by atoms with Crippen molar-refractivity contribution in [3.8, 4) is 11.5 Å². The summed E-state index contributed by atoms with van der Waals surface area (Å²) in [5.74, 6) is 0.121. The highest BCUT2D eigenvalue weighted by Crippen LogP contribution is 2.65. The summed E-state index contributed by atoms with van der Waals surface area (Å²) in [5, 5.41) is 43.0. The van der Waals surface area contributed by atoms with E-state index < -0.39 is 29.0 Å². The highest BCUT2D eigenvalue weighted by Gasteiger charge is 2.78. The number of aliphatic hydroxyl groups is 3. The normalized spacial score (nSPS) is 50.1. The highest BCUT2D eigenvalue weighted by molar-refractivity contribution is 5.93. The quantitative estimate of drug-likeness (QED) is 0.514. The molecule has 0 radical (unpaired) electrons. The Morgan fingerprint density at radius 3 is 2.79 bits per heavy atom. The maximum absolute atomic E-state index is 12.9. The highest BCUT2D eigenvalue weighted by atomic mass is 16.5. The van der Waals surface area contributed by atoms with Gasteiger partial charge < -0.3 is 29.6 Å². The molecule has 7 heteroatoms. The smallest absolute Gasteiger partial charge is 0.202 e. The van der Waals surface area contributed by atoms with Crippen molar-refractivity contribution in [3.05, 3.63) is 23.3 Å². The fourth-order valence-electron chi connectivity index (χ4n) is 7.03. The first-order valence-corrected chi connectivity index (χ1v) is 10.2. The molecule has 0 aromatic heterocycles. The minimum atomic E-state index is -1.30. The Morgan fingerprint density at radius 1 is 1.32 bits per heavy atom. The molecule has 3 fully saturated rings. The molecule has 2 heterocycles. The summed E-state index contributed by atoms with van der Waals surface area (Å²) in [6.45, 7) is 1.54. The van der Waals surface area contributed by atoms with Gasteiger partial charge in [-0.2, -0.15) is 0 Å². The lowest BCUT2D eigenvalue weighted by molar-refractivity contribution is -0.950. The number of phenolic OH excluding ortho intramolecular Hbond substituents is 1. The van der Waals surface area contributed by atoms with Crippen LogP contribution in [-0.4, -0.2) is 80.8 Å². The van der Waals surface area contributed by atoms with E-state index in [1.807, 2.05) is 6.07 Å². The first-order valence-electron chi connectivity index (χ1n) is 10.2. The second-order valence-electron chi connectivity index (χ2n) is 9.88. The Morgan fingerprint density at radius 2 is 2.07 bits per heavy atom. The predicted molar refractivity (Wildman–Crippen MR) is 96.9 cm³/mol. The first-order chi connectivity index (χ1) is 13.2. The zero-order valence-corrected chi connectivity index (χ0v) is 15.8. The molecule has 5 aliphatic rings. The number of benzene rings is 1. The van der Waals surface area contributed by atoms with Gasteiger partial charge in [-0.25, -0.2) is 0 Å². The fraction of sp³-hybridized carbons (Fsp3) is 0.667. The van der Waals surface area contributed by atoms with Crippen molar-refractivity contribution < 1.29 is 34.4 Å². The summed E-state index contributed by atoms with van der Waals surface area (Å²) in [6, 6.07) is 3.27. The van der Waals surface area contributed by atoms with Gasteiger partial charge in [0.15, 0.2) is 17.6 Å². The number of Topliss-reactive ketones (excluding diaryl/α,β-unsaturated/α-hetero) is 1. The Labute approximate surface area is 162 Å². The summed E-state index contributed by atoms with van der Waals surface area (Å²) in [4.78, 5) is 12.9. The number of aliphatic hydroxyl groups excluding tert-OH is 2. The molecule has 28 heavy (non-hydrogen) atoms. The number of hydrogen-bond donors (Lipinski definition) is 4. The number of quaternary nitrogens is 1. The van der Waals surface area contributed by atoms with Gasteiger partial charge in [0.05, 0.1) is 31.7 Å². The van der Waals surface area contributed by atoms with E-state index in [1.165, 1.54) is 0 Å². The predicted octanol–water partition coefficient (Wildman–Crippen LogP) is -0.388. The number of ketones is 1. The van der Waals surface area contributed by atoms with Gasteiger partial charge in [-0.05, 0) is 18.1 Å². The van der Waals surface area contributed by atoms with Crippen LogP contribution in [0.4, 0.5) is 0 Å². The lowest BCUT2D eigenvalue weighted by Gasteiger charge is -2.64. The van der Waals surface area contributed by atoms with Crippen LogP contribution in [0.15, 0.2) is 12.1 Å². The van der Waals surface area contributed by atoms with Crippen LogP contribution in [0, 0.1) is 5.92 Å². The third-order valence-corrected chi connectivity index (χ3v) is 8.49. The van der Waals surface area contributed by atoms with Gasteiger partial charge in [-0.1, -0.05) is 6.07 Å². The van der Waals surface area contributed by atoms with Gasteiger partial charge in [0.2, 0.25) is 5.78 Å². The molecule has 3 aliphatic carbocycles. The lowest BCUT2D eigenvalue weighted by atomic mass is 9.48. The summed E-state index contributed by atoms with van der Waals surface area (Å²) in [5.41, 5.74) is -0.442. The van der Waals surface area contributed by atoms with E-state index in [0.29, 0.717) is 23.1 Å². The molecule has 1 saturated heterocycles. The van der Waals surface area contributed by atoms with E-state index >= 15 is 0 Å². The molecule has 2 aliphatic heterocycles. The number of hydrogen-bond acceptors (Lipinski definition) is 6. The molecular weight excluding hydrogens is 362 g/mol. The second kappa shape index (κ2) is 4.90. The largest absolute Gasteiger partial charge is 0.504 e. The summed E-state index contributed by atoms with van der Waals surface area (Å²) < 4.78 is 6.58. The van der Waals surface area contributed by atoms with Gasteiger partial charge in [0, 0.05) is 30.7 Å². The number of ether oxygens (including phenoxy) is 1. The van der Waals surface area contributed by atoms with Crippen LogP contribution in [-0.2, 0) is 16.6 Å². The van der Waals surface area contributed by atoms with Crippen LogP contribution in [0.5, 0.6) is 11.5 Å². The fourth-order valence-corrected chi connectivity index (χ4v) is 7.03. The van der Waals surface area contributed by atoms with E-state index in [4.69, 9.17) is 4.74 Å². The van der Waals surface area contributed by atoms with Gasteiger partial charge in [0.1, 0.15) is 17.7 Å². The summed E-state index contributed by atoms with van der Waals surface area (Å²) in [6.07, 6.45) is -0.574. The molecule has 0 amide bonds. The first kappa shape index (κ1) is 17.2. The Hall–Kier alpha value is -1.67. The molecule has 4 N–H and O–H groups in total. The van der Waals surface area contributed by atoms with E-state index in [2.05, 4.69) is 7.05 Å². The number of carbonyl (C=O) groups excluding carboxylic acids is 1. The van der Waals surface area contributed by atoms with Crippen molar-refractivity contribution in [2.45, 2.75) is 61.1 Å². The van der Waals surface area contributed by atoms with Crippen LogP contribution in [0.25, 0.3) is 0 Å². The molecular formula is C21H26NO6+. The standard InChI is InChI=1S/C21H25NO6/c1-22(9-11-6-13(11)24)5-4-20-16-10-2-3-12(23)18(16)28-19(20)17(26)14(25)8-21(20,27)15(22)7-10/h2-3,11,13-15,19,24-25,27H,4-9H2,1H3/p+1/t11?,13?,14?,15-,19+,20+,21-,22-/m1/s1. The van der Waals surface area contributed by atoms with E-state index in [1.54, 1.807) is 6.07 Å². The number of phenols is 1. The number of likely N-dealkylation sites (N-methyl/N-ethyl adjacent to an activating group) is 1. The van der Waals surface area contributed by atoms with Gasteiger partial charge in [-0.3, -0.25) is 4.79 Å². The van der Waals surface area contributed by atoms with Crippen LogP contribution < -0.4 is 4.74 Å². The number of likely N-dealkylation sites (tertiary alicyclic amines) is 1. The van der Waals surface area contributed by atoms with Gasteiger partial charge in [-0.15, -0.1) is 0 Å². The van der Waals surface area contributed by atoms with E-state index in [0.717, 1.165) is 30.6 Å². The van der Waals surface area contributed by atoms with Crippen molar-refractivity contribution in [1.29, 1.82) is 0 Å². The molecule has 150 valence electrons. The second-order valence-corrected chi connectivity index (χ2v) is 9.88. The Kier molecular flexibility index (Phi) is 3.01. The van der Waals surface area contributed by atoms with Crippen LogP contribution in [0.2, 0.25) is 0 Å². The van der Waals surface area contributed by atoms with Gasteiger partial charge >= 0.3 is 0 Å². The van der Waals surface area contributed by atoms with Crippen molar-refractivity contribution in [2.24, 2.45) is 5.92 Å². The number of piperidine rings is 1. The molecule has 7 nitrogen and oxygen atoms in total.